The molecule has 0 unspecified atom stereocenters. The number of hydrogen-bond acceptors (Lipinski definition) is 9. The first-order chi connectivity index (χ1) is 15.2. The zero-order valence-electron chi connectivity index (χ0n) is 18.1. The van der Waals surface area contributed by atoms with Gasteiger partial charge in [-0.05, 0) is 50.2 Å². The van der Waals surface area contributed by atoms with Gasteiger partial charge in [-0.25, -0.2) is 22.8 Å². The molecular formula is C21H24N2O8S. The Kier molecular flexibility index (Phi) is 8.19. The number of nitrogens with one attached hydrogen (secondary N) is 2. The van der Waals surface area contributed by atoms with Crippen LogP contribution < -0.4 is 10.0 Å². The molecule has 0 amide bonds. The Balaban J connectivity index is 2.56. The summed E-state index contributed by atoms with van der Waals surface area (Å²) >= 11 is 0. The normalized spacial score (nSPS) is 10.8. The van der Waals surface area contributed by atoms with Crippen molar-refractivity contribution in [1.29, 1.82) is 0 Å². The molecule has 0 heterocycles. The van der Waals surface area contributed by atoms with Crippen LogP contribution >= 0.6 is 0 Å². The SMILES string of the molecule is CCNc1ccc(C(=O)OCC)cc1NS(=O)(=O)c1cc(C(=O)OC)cc(C(=O)OC)c1. The minimum absolute atomic E-state index is 0.0838. The first-order valence-corrected chi connectivity index (χ1v) is 11.0. The summed E-state index contributed by atoms with van der Waals surface area (Å²) in [5, 5.41) is 3.00. The van der Waals surface area contributed by atoms with E-state index in [-0.39, 0.29) is 33.9 Å². The van der Waals surface area contributed by atoms with E-state index in [0.29, 0.717) is 12.2 Å². The van der Waals surface area contributed by atoms with Gasteiger partial charge in [0.2, 0.25) is 0 Å². The number of carbonyl (C=O) groups is 3. The Morgan fingerprint density at radius 1 is 0.812 bits per heavy atom. The van der Waals surface area contributed by atoms with Crippen LogP contribution in [-0.2, 0) is 24.2 Å². The van der Waals surface area contributed by atoms with Crippen LogP contribution in [0.1, 0.15) is 44.9 Å². The van der Waals surface area contributed by atoms with Crippen molar-refractivity contribution >= 4 is 39.3 Å². The van der Waals surface area contributed by atoms with E-state index in [1.165, 1.54) is 18.2 Å². The van der Waals surface area contributed by atoms with E-state index in [0.717, 1.165) is 26.4 Å². The van der Waals surface area contributed by atoms with Crippen molar-refractivity contribution in [3.05, 3.63) is 53.1 Å². The van der Waals surface area contributed by atoms with Gasteiger partial charge in [-0.3, -0.25) is 4.72 Å². The molecular weight excluding hydrogens is 440 g/mol. The number of benzene rings is 2. The zero-order valence-corrected chi connectivity index (χ0v) is 18.9. The summed E-state index contributed by atoms with van der Waals surface area (Å²) in [6.07, 6.45) is 0. The van der Waals surface area contributed by atoms with Crippen LogP contribution in [0.4, 0.5) is 11.4 Å². The van der Waals surface area contributed by atoms with Gasteiger partial charge in [0, 0.05) is 6.54 Å². The molecule has 0 aliphatic carbocycles. The summed E-state index contributed by atoms with van der Waals surface area (Å²) in [4.78, 5) is 35.7. The zero-order chi connectivity index (χ0) is 23.9. The van der Waals surface area contributed by atoms with E-state index >= 15 is 0 Å². The largest absolute Gasteiger partial charge is 0.465 e. The van der Waals surface area contributed by atoms with Crippen LogP contribution in [-0.4, -0.2) is 53.7 Å². The van der Waals surface area contributed by atoms with E-state index in [4.69, 9.17) is 4.74 Å². The molecule has 32 heavy (non-hydrogen) atoms. The summed E-state index contributed by atoms with van der Waals surface area (Å²) in [7, 11) is -2.04. The number of sulfonamides is 1. The number of rotatable bonds is 9. The maximum absolute atomic E-state index is 13.1. The van der Waals surface area contributed by atoms with Crippen molar-refractivity contribution < 1.29 is 37.0 Å². The van der Waals surface area contributed by atoms with E-state index in [1.807, 2.05) is 6.92 Å². The van der Waals surface area contributed by atoms with Crippen LogP contribution in [0.15, 0.2) is 41.3 Å². The van der Waals surface area contributed by atoms with Gasteiger partial charge in [0.1, 0.15) is 0 Å². The second-order valence-corrected chi connectivity index (χ2v) is 8.03. The Morgan fingerprint density at radius 3 is 1.91 bits per heavy atom. The maximum Gasteiger partial charge on any atom is 0.338 e. The van der Waals surface area contributed by atoms with Crippen molar-refractivity contribution in [2.24, 2.45) is 0 Å². The van der Waals surface area contributed by atoms with Gasteiger partial charge in [0.05, 0.1) is 53.8 Å². The highest BCUT2D eigenvalue weighted by molar-refractivity contribution is 7.92. The van der Waals surface area contributed by atoms with Crippen LogP contribution in [0.2, 0.25) is 0 Å². The molecule has 2 rings (SSSR count). The third-order valence-electron chi connectivity index (χ3n) is 4.20. The molecule has 0 saturated heterocycles. The summed E-state index contributed by atoms with van der Waals surface area (Å²) < 4.78 is 42.9. The summed E-state index contributed by atoms with van der Waals surface area (Å²) in [6.45, 7) is 4.12. The Hall–Kier alpha value is -3.60. The third kappa shape index (κ3) is 5.76. The summed E-state index contributed by atoms with van der Waals surface area (Å²) in [6, 6.07) is 7.69. The minimum Gasteiger partial charge on any atom is -0.465 e. The molecule has 0 saturated carbocycles. The van der Waals surface area contributed by atoms with E-state index in [2.05, 4.69) is 19.5 Å². The Labute approximate surface area is 185 Å². The predicted octanol–water partition coefficient (Wildman–Crippen LogP) is 2.67. The number of carbonyl (C=O) groups excluding carboxylic acids is 3. The van der Waals surface area contributed by atoms with Crippen LogP contribution in [0.3, 0.4) is 0 Å². The van der Waals surface area contributed by atoms with Gasteiger partial charge in [0.15, 0.2) is 0 Å². The van der Waals surface area contributed by atoms with Gasteiger partial charge in [-0.15, -0.1) is 0 Å². The quantitative estimate of drug-likeness (QED) is 0.424. The van der Waals surface area contributed by atoms with Crippen molar-refractivity contribution in [3.8, 4) is 0 Å². The van der Waals surface area contributed by atoms with E-state index in [9.17, 15) is 22.8 Å². The van der Waals surface area contributed by atoms with Gasteiger partial charge < -0.3 is 19.5 Å². The van der Waals surface area contributed by atoms with E-state index in [1.54, 1.807) is 13.0 Å². The van der Waals surface area contributed by atoms with Gasteiger partial charge in [0.25, 0.3) is 10.0 Å². The minimum atomic E-state index is -4.30. The molecule has 10 nitrogen and oxygen atoms in total. The molecule has 172 valence electrons. The highest BCUT2D eigenvalue weighted by atomic mass is 32.2. The molecule has 0 aliphatic heterocycles. The summed E-state index contributed by atoms with van der Waals surface area (Å²) in [5.41, 5.74) is 0.345. The molecule has 0 aromatic heterocycles. The lowest BCUT2D eigenvalue weighted by Gasteiger charge is -2.15. The average Bonchev–Trinajstić information content (AvgIpc) is 2.78. The second kappa shape index (κ2) is 10.6. The molecule has 0 fully saturated rings. The number of ether oxygens (including phenoxy) is 3. The smallest absolute Gasteiger partial charge is 0.338 e. The molecule has 2 aromatic rings. The van der Waals surface area contributed by atoms with Gasteiger partial charge in [-0.2, -0.15) is 0 Å². The molecule has 0 aliphatic rings. The molecule has 0 bridgehead atoms. The third-order valence-corrected chi connectivity index (χ3v) is 5.55. The number of methoxy groups -OCH3 is 2. The molecule has 11 heteroatoms. The predicted molar refractivity (Wildman–Crippen MR) is 116 cm³/mol. The first kappa shape index (κ1) is 24.7. The van der Waals surface area contributed by atoms with Gasteiger partial charge in [-0.1, -0.05) is 0 Å². The number of anilines is 2. The van der Waals surface area contributed by atoms with Crippen molar-refractivity contribution in [2.75, 3.05) is 37.4 Å². The standard InChI is InChI=1S/C21H24N2O8S/c1-5-22-17-8-7-13(21(26)31-6-2)12-18(17)23-32(27,28)16-10-14(19(24)29-3)9-15(11-16)20(25)30-4/h7-12,22-23H,5-6H2,1-4H3. The number of esters is 3. The Bertz CT molecular complexity index is 1090. The lowest BCUT2D eigenvalue weighted by molar-refractivity contribution is 0.0524. The fourth-order valence-electron chi connectivity index (χ4n) is 2.74. The van der Waals surface area contributed by atoms with Gasteiger partial charge >= 0.3 is 17.9 Å². The van der Waals surface area contributed by atoms with Crippen molar-refractivity contribution in [2.45, 2.75) is 18.7 Å². The lowest BCUT2D eigenvalue weighted by Crippen LogP contribution is -2.17. The van der Waals surface area contributed by atoms with Crippen LogP contribution in [0.5, 0.6) is 0 Å². The second-order valence-electron chi connectivity index (χ2n) is 6.35. The lowest BCUT2D eigenvalue weighted by atomic mass is 10.1. The topological polar surface area (TPSA) is 137 Å². The van der Waals surface area contributed by atoms with Crippen molar-refractivity contribution in [1.82, 2.24) is 0 Å². The molecule has 0 spiro atoms. The number of hydrogen-bond donors (Lipinski definition) is 2. The van der Waals surface area contributed by atoms with Crippen molar-refractivity contribution in [3.63, 3.8) is 0 Å². The van der Waals surface area contributed by atoms with Crippen LogP contribution in [0.25, 0.3) is 0 Å². The highest BCUT2D eigenvalue weighted by Crippen LogP contribution is 2.27. The first-order valence-electron chi connectivity index (χ1n) is 9.56. The molecule has 0 atom stereocenters. The van der Waals surface area contributed by atoms with Crippen LogP contribution in [0, 0.1) is 0 Å². The molecule has 2 N–H and O–H groups in total. The Morgan fingerprint density at radius 2 is 1.41 bits per heavy atom. The summed E-state index contributed by atoms with van der Waals surface area (Å²) in [5.74, 6) is -2.27. The monoisotopic (exact) mass is 464 g/mol. The highest BCUT2D eigenvalue weighted by Gasteiger charge is 2.23. The fraction of sp³-hybridized carbons (Fsp3) is 0.286. The maximum atomic E-state index is 13.1. The molecule has 2 aromatic carbocycles. The molecule has 0 radical (unpaired) electrons. The average molecular weight is 464 g/mol. The fourth-order valence-corrected chi connectivity index (χ4v) is 3.88. The van der Waals surface area contributed by atoms with E-state index < -0.39 is 27.9 Å².